The summed E-state index contributed by atoms with van der Waals surface area (Å²) in [6.45, 7) is 3.82. The number of hydrogen-bond acceptors (Lipinski definition) is 3. The van der Waals surface area contributed by atoms with Crippen molar-refractivity contribution in [2.75, 3.05) is 20.1 Å². The number of hydrogen-bond donors (Lipinski definition) is 1. The van der Waals surface area contributed by atoms with Crippen LogP contribution in [0.25, 0.3) is 0 Å². The van der Waals surface area contributed by atoms with E-state index in [-0.39, 0.29) is 30.3 Å². The number of halogens is 1. The van der Waals surface area contributed by atoms with Gasteiger partial charge in [0.1, 0.15) is 0 Å². The molecule has 0 aromatic heterocycles. The molecule has 2 amide bonds. The Kier molecular flexibility index (Phi) is 6.84. The van der Waals surface area contributed by atoms with Gasteiger partial charge in [-0.25, -0.2) is 0 Å². The summed E-state index contributed by atoms with van der Waals surface area (Å²) in [6, 6.07) is 7.48. The largest absolute Gasteiger partial charge is 0.338 e. The first-order chi connectivity index (χ1) is 10.0. The van der Waals surface area contributed by atoms with E-state index in [0.29, 0.717) is 25.1 Å². The van der Waals surface area contributed by atoms with Crippen molar-refractivity contribution in [3.8, 4) is 0 Å². The number of carbonyl (C=O) groups excluding carboxylic acids is 2. The molecular formula is C16H24ClN3O2. The molecule has 1 unspecified atom stereocenters. The van der Waals surface area contributed by atoms with E-state index < -0.39 is 0 Å². The molecule has 0 bridgehead atoms. The average Bonchev–Trinajstić information content (AvgIpc) is 2.91. The Hall–Kier alpha value is -1.59. The number of likely N-dealkylation sites (tertiary alicyclic amines) is 1. The lowest BCUT2D eigenvalue weighted by molar-refractivity contribution is -0.128. The Morgan fingerprint density at radius 2 is 2.00 bits per heavy atom. The normalized spacial score (nSPS) is 15.4. The highest BCUT2D eigenvalue weighted by Gasteiger charge is 2.20. The fraction of sp³-hybridized carbons (Fsp3) is 0.500. The maximum atomic E-state index is 12.3. The van der Waals surface area contributed by atoms with Gasteiger partial charge in [-0.3, -0.25) is 9.59 Å². The molecule has 6 heteroatoms. The number of likely N-dealkylation sites (N-methyl/N-ethyl adjacent to an activating group) is 1. The van der Waals surface area contributed by atoms with Crippen molar-refractivity contribution in [1.82, 2.24) is 9.80 Å². The smallest absolute Gasteiger partial charge is 0.253 e. The average molecular weight is 326 g/mol. The van der Waals surface area contributed by atoms with Crippen molar-refractivity contribution < 1.29 is 9.59 Å². The van der Waals surface area contributed by atoms with E-state index in [2.05, 4.69) is 0 Å². The van der Waals surface area contributed by atoms with E-state index in [4.69, 9.17) is 5.73 Å². The van der Waals surface area contributed by atoms with Crippen LogP contribution >= 0.6 is 12.4 Å². The summed E-state index contributed by atoms with van der Waals surface area (Å²) in [5.74, 6) is 0.184. The number of nitrogens with two attached hydrogens (primary N) is 1. The van der Waals surface area contributed by atoms with Crippen LogP contribution in [-0.2, 0) is 11.3 Å². The van der Waals surface area contributed by atoms with Crippen molar-refractivity contribution in [2.45, 2.75) is 32.4 Å². The predicted molar refractivity (Wildman–Crippen MR) is 89.0 cm³/mol. The van der Waals surface area contributed by atoms with Crippen molar-refractivity contribution >= 4 is 24.2 Å². The molecular weight excluding hydrogens is 302 g/mol. The molecule has 0 spiro atoms. The molecule has 22 heavy (non-hydrogen) atoms. The number of carbonyl (C=O) groups is 2. The SMILES string of the molecule is CC(CN)N(C)C(=O)c1ccc(CN2CCCC2=O)cc1.Cl. The highest BCUT2D eigenvalue weighted by atomic mass is 35.5. The van der Waals surface area contributed by atoms with Gasteiger partial charge in [-0.1, -0.05) is 12.1 Å². The van der Waals surface area contributed by atoms with Crippen LogP contribution < -0.4 is 5.73 Å². The topological polar surface area (TPSA) is 66.6 Å². The lowest BCUT2D eigenvalue weighted by Crippen LogP contribution is -2.39. The van der Waals surface area contributed by atoms with E-state index >= 15 is 0 Å². The molecule has 0 aliphatic carbocycles. The second kappa shape index (κ2) is 8.15. The Morgan fingerprint density at radius 3 is 2.50 bits per heavy atom. The van der Waals surface area contributed by atoms with E-state index in [1.807, 2.05) is 36.1 Å². The van der Waals surface area contributed by atoms with Gasteiger partial charge in [0.15, 0.2) is 0 Å². The second-order valence-corrected chi connectivity index (χ2v) is 5.62. The van der Waals surface area contributed by atoms with Crippen molar-refractivity contribution in [1.29, 1.82) is 0 Å². The van der Waals surface area contributed by atoms with Gasteiger partial charge in [-0.05, 0) is 31.0 Å². The lowest BCUT2D eigenvalue weighted by Gasteiger charge is -2.23. The molecule has 1 saturated heterocycles. The third kappa shape index (κ3) is 4.21. The van der Waals surface area contributed by atoms with Gasteiger partial charge in [0.2, 0.25) is 5.91 Å². The van der Waals surface area contributed by atoms with Crippen LogP contribution in [-0.4, -0.2) is 47.8 Å². The molecule has 1 aliphatic heterocycles. The van der Waals surface area contributed by atoms with E-state index in [0.717, 1.165) is 18.5 Å². The van der Waals surface area contributed by atoms with Crippen molar-refractivity contribution in [2.24, 2.45) is 5.73 Å². The van der Waals surface area contributed by atoms with Crippen LogP contribution in [0.15, 0.2) is 24.3 Å². The minimum atomic E-state index is -0.0308. The molecule has 1 aromatic carbocycles. The summed E-state index contributed by atoms with van der Waals surface area (Å²) >= 11 is 0. The Morgan fingerprint density at radius 1 is 1.36 bits per heavy atom. The van der Waals surface area contributed by atoms with E-state index in [1.54, 1.807) is 11.9 Å². The van der Waals surface area contributed by atoms with Gasteiger partial charge in [-0.2, -0.15) is 0 Å². The predicted octanol–water partition coefficient (Wildman–Crippen LogP) is 1.65. The first-order valence-electron chi connectivity index (χ1n) is 7.37. The monoisotopic (exact) mass is 325 g/mol. The van der Waals surface area contributed by atoms with Crippen molar-refractivity contribution in [3.05, 3.63) is 35.4 Å². The lowest BCUT2D eigenvalue weighted by atomic mass is 10.1. The molecule has 1 aliphatic rings. The molecule has 0 saturated carbocycles. The molecule has 5 nitrogen and oxygen atoms in total. The van der Waals surface area contributed by atoms with Crippen LogP contribution in [0.5, 0.6) is 0 Å². The minimum absolute atomic E-state index is 0. The zero-order valence-corrected chi connectivity index (χ0v) is 13.9. The first kappa shape index (κ1) is 18.5. The summed E-state index contributed by atoms with van der Waals surface area (Å²) in [5, 5.41) is 0. The maximum Gasteiger partial charge on any atom is 0.253 e. The zero-order chi connectivity index (χ0) is 15.4. The summed E-state index contributed by atoms with van der Waals surface area (Å²) in [5.41, 5.74) is 7.29. The fourth-order valence-electron chi connectivity index (χ4n) is 2.41. The zero-order valence-electron chi connectivity index (χ0n) is 13.1. The number of nitrogens with zero attached hydrogens (tertiary/aromatic N) is 2. The van der Waals surface area contributed by atoms with Gasteiger partial charge in [0.25, 0.3) is 5.91 Å². The highest BCUT2D eigenvalue weighted by molar-refractivity contribution is 5.94. The molecule has 1 heterocycles. The van der Waals surface area contributed by atoms with Crippen LogP contribution in [0.2, 0.25) is 0 Å². The molecule has 122 valence electrons. The summed E-state index contributed by atoms with van der Waals surface area (Å²) in [6.07, 6.45) is 1.59. The number of benzene rings is 1. The highest BCUT2D eigenvalue weighted by Crippen LogP contribution is 2.15. The maximum absolute atomic E-state index is 12.3. The fourth-order valence-corrected chi connectivity index (χ4v) is 2.41. The quantitative estimate of drug-likeness (QED) is 0.895. The van der Waals surface area contributed by atoms with Gasteiger partial charge in [0, 0.05) is 44.7 Å². The number of rotatable bonds is 5. The van der Waals surface area contributed by atoms with Crippen LogP contribution in [0.1, 0.15) is 35.7 Å². The summed E-state index contributed by atoms with van der Waals surface area (Å²) in [7, 11) is 1.76. The second-order valence-electron chi connectivity index (χ2n) is 5.62. The molecule has 2 rings (SSSR count). The Labute approximate surface area is 137 Å². The van der Waals surface area contributed by atoms with Gasteiger partial charge >= 0.3 is 0 Å². The Balaban J connectivity index is 0.00000242. The first-order valence-corrected chi connectivity index (χ1v) is 7.37. The summed E-state index contributed by atoms with van der Waals surface area (Å²) in [4.78, 5) is 27.4. The molecule has 2 N–H and O–H groups in total. The minimum Gasteiger partial charge on any atom is -0.338 e. The third-order valence-corrected chi connectivity index (χ3v) is 4.07. The van der Waals surface area contributed by atoms with Crippen molar-refractivity contribution in [3.63, 3.8) is 0 Å². The number of amides is 2. The molecule has 1 atom stereocenters. The third-order valence-electron chi connectivity index (χ3n) is 4.07. The van der Waals surface area contributed by atoms with Crippen LogP contribution in [0.3, 0.4) is 0 Å². The van der Waals surface area contributed by atoms with Crippen LogP contribution in [0.4, 0.5) is 0 Å². The van der Waals surface area contributed by atoms with Gasteiger partial charge in [0.05, 0.1) is 0 Å². The molecule has 0 radical (unpaired) electrons. The van der Waals surface area contributed by atoms with Crippen LogP contribution in [0, 0.1) is 0 Å². The standard InChI is InChI=1S/C16H23N3O2.ClH/c1-12(10-17)18(2)16(21)14-7-5-13(6-8-14)11-19-9-3-4-15(19)20;/h5-8,12H,3-4,9-11,17H2,1-2H3;1H. The van der Waals surface area contributed by atoms with Gasteiger partial charge < -0.3 is 15.5 Å². The van der Waals surface area contributed by atoms with Gasteiger partial charge in [-0.15, -0.1) is 12.4 Å². The summed E-state index contributed by atoms with van der Waals surface area (Å²) < 4.78 is 0. The Bertz CT molecular complexity index is 519. The molecule has 1 fully saturated rings. The van der Waals surface area contributed by atoms with E-state index in [9.17, 15) is 9.59 Å². The molecule has 1 aromatic rings. The van der Waals surface area contributed by atoms with E-state index in [1.165, 1.54) is 0 Å².